The van der Waals surface area contributed by atoms with Crippen LogP contribution in [0.5, 0.6) is 0 Å². The predicted octanol–water partition coefficient (Wildman–Crippen LogP) is 1.07. The minimum atomic E-state index is -0.0141. The molecule has 1 aromatic rings. The smallest absolute Gasteiger partial charge is 0.272 e. The lowest BCUT2D eigenvalue weighted by molar-refractivity contribution is 0.0788. The number of hydrogen-bond acceptors (Lipinski definition) is 3. The van der Waals surface area contributed by atoms with Gasteiger partial charge in [0.1, 0.15) is 5.69 Å². The zero-order valence-electron chi connectivity index (χ0n) is 10.2. The molecule has 1 rings (SSSR count). The summed E-state index contributed by atoms with van der Waals surface area (Å²) in [6, 6.07) is 5.50. The molecule has 1 amide bonds. The van der Waals surface area contributed by atoms with Gasteiger partial charge in [-0.2, -0.15) is 0 Å². The number of aromatic nitrogens is 1. The number of hydrogen-bond donors (Lipinski definition) is 1. The van der Waals surface area contributed by atoms with Crippen molar-refractivity contribution in [1.29, 1.82) is 0 Å². The normalized spacial score (nSPS) is 10.2. The Labute approximate surface area is 96.7 Å². The molecule has 0 aliphatic carbocycles. The second-order valence-electron chi connectivity index (χ2n) is 3.85. The van der Waals surface area contributed by atoms with E-state index in [1.807, 2.05) is 33.2 Å². The maximum atomic E-state index is 11.9. The van der Waals surface area contributed by atoms with Crippen LogP contribution in [0.1, 0.15) is 22.6 Å². The van der Waals surface area contributed by atoms with Crippen LogP contribution in [0.15, 0.2) is 18.2 Å². The van der Waals surface area contributed by atoms with Crippen LogP contribution in [0, 0.1) is 6.92 Å². The van der Waals surface area contributed by atoms with Gasteiger partial charge in [-0.15, -0.1) is 0 Å². The Kier molecular flexibility index (Phi) is 4.92. The summed E-state index contributed by atoms with van der Waals surface area (Å²) in [4.78, 5) is 17.9. The Morgan fingerprint density at radius 1 is 1.50 bits per heavy atom. The number of pyridine rings is 1. The lowest BCUT2D eigenvalue weighted by atomic mass is 10.3. The first-order valence-corrected chi connectivity index (χ1v) is 5.49. The first-order valence-electron chi connectivity index (χ1n) is 5.49. The third-order valence-electron chi connectivity index (χ3n) is 2.37. The number of nitrogens with one attached hydrogen (secondary N) is 1. The van der Waals surface area contributed by atoms with Gasteiger partial charge < -0.3 is 10.2 Å². The van der Waals surface area contributed by atoms with Crippen molar-refractivity contribution in [1.82, 2.24) is 15.2 Å². The molecule has 0 aliphatic rings. The highest BCUT2D eigenvalue weighted by atomic mass is 16.2. The predicted molar refractivity (Wildman–Crippen MR) is 64.5 cm³/mol. The second-order valence-corrected chi connectivity index (χ2v) is 3.85. The Morgan fingerprint density at radius 2 is 2.25 bits per heavy atom. The van der Waals surface area contributed by atoms with Crippen LogP contribution in [0.2, 0.25) is 0 Å². The van der Waals surface area contributed by atoms with Crippen LogP contribution in [-0.2, 0) is 0 Å². The minimum absolute atomic E-state index is 0.0141. The number of carbonyl (C=O) groups is 1. The molecule has 0 saturated heterocycles. The Morgan fingerprint density at radius 3 is 2.88 bits per heavy atom. The summed E-state index contributed by atoms with van der Waals surface area (Å²) < 4.78 is 0. The molecule has 4 nitrogen and oxygen atoms in total. The average Bonchev–Trinajstić information content (AvgIpc) is 2.28. The molecule has 1 N–H and O–H groups in total. The summed E-state index contributed by atoms with van der Waals surface area (Å²) in [6.07, 6.45) is 0.949. The molecule has 0 atom stereocenters. The average molecular weight is 221 g/mol. The van der Waals surface area contributed by atoms with Crippen LogP contribution in [0.4, 0.5) is 0 Å². The lowest BCUT2D eigenvalue weighted by Gasteiger charge is -2.16. The molecule has 0 spiro atoms. The van der Waals surface area contributed by atoms with E-state index in [2.05, 4.69) is 10.3 Å². The molecule has 88 valence electrons. The highest BCUT2D eigenvalue weighted by molar-refractivity contribution is 5.92. The van der Waals surface area contributed by atoms with Gasteiger partial charge in [0, 0.05) is 19.3 Å². The van der Waals surface area contributed by atoms with Crippen molar-refractivity contribution in [2.75, 3.05) is 27.2 Å². The molecule has 0 saturated carbocycles. The van der Waals surface area contributed by atoms with E-state index in [9.17, 15) is 4.79 Å². The SMILES string of the molecule is CNCCCN(C)C(=O)c1cccc(C)n1. The van der Waals surface area contributed by atoms with E-state index in [1.165, 1.54) is 0 Å². The summed E-state index contributed by atoms with van der Waals surface area (Å²) in [6.45, 7) is 3.55. The molecule has 0 fully saturated rings. The fourth-order valence-corrected chi connectivity index (χ4v) is 1.45. The van der Waals surface area contributed by atoms with Crippen LogP contribution in [0.25, 0.3) is 0 Å². The van der Waals surface area contributed by atoms with Crippen molar-refractivity contribution in [3.05, 3.63) is 29.6 Å². The maximum absolute atomic E-state index is 11.9. The van der Waals surface area contributed by atoms with E-state index in [0.29, 0.717) is 5.69 Å². The van der Waals surface area contributed by atoms with Crippen molar-refractivity contribution in [3.8, 4) is 0 Å². The van der Waals surface area contributed by atoms with Crippen LogP contribution in [0.3, 0.4) is 0 Å². The van der Waals surface area contributed by atoms with Crippen molar-refractivity contribution < 1.29 is 4.79 Å². The fraction of sp³-hybridized carbons (Fsp3) is 0.500. The molecule has 0 unspecified atom stereocenters. The first-order chi connectivity index (χ1) is 7.65. The minimum Gasteiger partial charge on any atom is -0.340 e. The van der Waals surface area contributed by atoms with Gasteiger partial charge in [-0.3, -0.25) is 4.79 Å². The van der Waals surface area contributed by atoms with Crippen LogP contribution in [-0.4, -0.2) is 43.0 Å². The van der Waals surface area contributed by atoms with E-state index < -0.39 is 0 Å². The standard InChI is InChI=1S/C12H19N3O/c1-10-6-4-7-11(14-10)12(16)15(3)9-5-8-13-2/h4,6-7,13H,5,8-9H2,1-3H3. The zero-order valence-corrected chi connectivity index (χ0v) is 10.2. The molecule has 0 aliphatic heterocycles. The van der Waals surface area contributed by atoms with Gasteiger partial charge in [0.05, 0.1) is 0 Å². The molecule has 0 bridgehead atoms. The molecule has 16 heavy (non-hydrogen) atoms. The Hall–Kier alpha value is -1.42. The summed E-state index contributed by atoms with van der Waals surface area (Å²) in [5, 5.41) is 3.06. The van der Waals surface area contributed by atoms with E-state index in [4.69, 9.17) is 0 Å². The number of carbonyl (C=O) groups excluding carboxylic acids is 1. The van der Waals surface area contributed by atoms with E-state index in [0.717, 1.165) is 25.2 Å². The van der Waals surface area contributed by atoms with Crippen molar-refractivity contribution in [2.24, 2.45) is 0 Å². The summed E-state index contributed by atoms with van der Waals surface area (Å²) in [5.74, 6) is -0.0141. The van der Waals surface area contributed by atoms with Crippen molar-refractivity contribution in [3.63, 3.8) is 0 Å². The van der Waals surface area contributed by atoms with Gasteiger partial charge in [0.15, 0.2) is 0 Å². The molecule has 0 aromatic carbocycles. The summed E-state index contributed by atoms with van der Waals surface area (Å²) in [5.41, 5.74) is 1.39. The lowest BCUT2D eigenvalue weighted by Crippen LogP contribution is -2.30. The van der Waals surface area contributed by atoms with Crippen LogP contribution >= 0.6 is 0 Å². The van der Waals surface area contributed by atoms with Gasteiger partial charge in [-0.1, -0.05) is 6.07 Å². The highest BCUT2D eigenvalue weighted by Gasteiger charge is 2.12. The monoisotopic (exact) mass is 221 g/mol. The van der Waals surface area contributed by atoms with Gasteiger partial charge in [-0.05, 0) is 39.1 Å². The van der Waals surface area contributed by atoms with Gasteiger partial charge in [0.25, 0.3) is 5.91 Å². The van der Waals surface area contributed by atoms with Gasteiger partial charge in [0.2, 0.25) is 0 Å². The van der Waals surface area contributed by atoms with Crippen molar-refractivity contribution in [2.45, 2.75) is 13.3 Å². The molecule has 0 radical (unpaired) electrons. The molecular weight excluding hydrogens is 202 g/mol. The van der Waals surface area contributed by atoms with Gasteiger partial charge in [-0.25, -0.2) is 4.98 Å². The maximum Gasteiger partial charge on any atom is 0.272 e. The largest absolute Gasteiger partial charge is 0.340 e. The second kappa shape index (κ2) is 6.23. The zero-order chi connectivity index (χ0) is 12.0. The Bertz CT molecular complexity index is 352. The summed E-state index contributed by atoms with van der Waals surface area (Å²) >= 11 is 0. The molecular formula is C12H19N3O. The number of rotatable bonds is 5. The van der Waals surface area contributed by atoms with Gasteiger partial charge >= 0.3 is 0 Å². The quantitative estimate of drug-likeness (QED) is 0.756. The van der Waals surface area contributed by atoms with E-state index in [-0.39, 0.29) is 5.91 Å². The van der Waals surface area contributed by atoms with Crippen LogP contribution < -0.4 is 5.32 Å². The van der Waals surface area contributed by atoms with E-state index >= 15 is 0 Å². The number of amides is 1. The Balaban J connectivity index is 2.56. The van der Waals surface area contributed by atoms with E-state index in [1.54, 1.807) is 11.0 Å². The number of nitrogens with zero attached hydrogens (tertiary/aromatic N) is 2. The van der Waals surface area contributed by atoms with Crippen molar-refractivity contribution >= 4 is 5.91 Å². The summed E-state index contributed by atoms with van der Waals surface area (Å²) in [7, 11) is 3.71. The molecule has 1 heterocycles. The highest BCUT2D eigenvalue weighted by Crippen LogP contribution is 2.02. The first kappa shape index (κ1) is 12.6. The molecule has 1 aromatic heterocycles. The fourth-order valence-electron chi connectivity index (χ4n) is 1.45. The third-order valence-corrected chi connectivity index (χ3v) is 2.37. The topological polar surface area (TPSA) is 45.2 Å². The third kappa shape index (κ3) is 3.62. The number of aryl methyl sites for hydroxylation is 1. The molecule has 4 heteroatoms.